The second-order valence-corrected chi connectivity index (χ2v) is 9.31. The van der Waals surface area contributed by atoms with Gasteiger partial charge in [0.2, 0.25) is 11.8 Å². The molecule has 1 aliphatic rings. The van der Waals surface area contributed by atoms with Crippen LogP contribution in [-0.2, 0) is 32.0 Å². The van der Waals surface area contributed by atoms with Gasteiger partial charge in [0.1, 0.15) is 11.8 Å². The Labute approximate surface area is 211 Å². The molecule has 0 bridgehead atoms. The molecular weight excluding hydrogens is 456 g/mol. The third-order valence-electron chi connectivity index (χ3n) is 6.89. The second kappa shape index (κ2) is 11.2. The van der Waals surface area contributed by atoms with E-state index in [1.807, 2.05) is 60.7 Å². The summed E-state index contributed by atoms with van der Waals surface area (Å²) >= 11 is 0. The van der Waals surface area contributed by atoms with Crippen LogP contribution in [0.4, 0.5) is 0 Å². The van der Waals surface area contributed by atoms with E-state index in [4.69, 9.17) is 9.47 Å². The Morgan fingerprint density at radius 1 is 1.00 bits per heavy atom. The minimum absolute atomic E-state index is 0.00950. The summed E-state index contributed by atoms with van der Waals surface area (Å²) in [4.78, 5) is 37.6. The number of carbonyl (C=O) groups excluding carboxylic acids is 3. The number of hydrogen-bond acceptors (Lipinski definition) is 5. The molecule has 1 saturated heterocycles. The summed E-state index contributed by atoms with van der Waals surface area (Å²) < 4.78 is 10.4. The summed E-state index contributed by atoms with van der Waals surface area (Å²) in [5.41, 5.74) is 1.48. The molecule has 1 aliphatic heterocycles. The van der Waals surface area contributed by atoms with E-state index in [-0.39, 0.29) is 18.2 Å². The first-order chi connectivity index (χ1) is 17.4. The number of esters is 1. The van der Waals surface area contributed by atoms with Gasteiger partial charge >= 0.3 is 5.97 Å². The molecule has 3 aromatic rings. The Morgan fingerprint density at radius 3 is 2.39 bits per heavy atom. The fraction of sp³-hybridized carbons (Fsp3) is 0.345. The van der Waals surface area contributed by atoms with Gasteiger partial charge in [0.25, 0.3) is 0 Å². The third-order valence-corrected chi connectivity index (χ3v) is 6.89. The van der Waals surface area contributed by atoms with E-state index in [1.54, 1.807) is 7.11 Å². The number of carbonyl (C=O) groups is 3. The van der Waals surface area contributed by atoms with Crippen LogP contribution in [0.15, 0.2) is 66.7 Å². The number of methoxy groups -OCH3 is 2. The minimum Gasteiger partial charge on any atom is -0.496 e. The average molecular weight is 489 g/mol. The van der Waals surface area contributed by atoms with Gasteiger partial charge in [-0.2, -0.15) is 0 Å². The SMILES string of the molecule is COC(=O)[C@H](Cc1ccccc1)NC(=O)CC[C@]1(Cc2ccc(OC)c3ccccc23)CCC(=O)N1. The molecule has 0 saturated carbocycles. The molecular formula is C29H32N2O5. The highest BCUT2D eigenvalue weighted by molar-refractivity contribution is 5.91. The molecule has 0 unspecified atom stereocenters. The zero-order valence-corrected chi connectivity index (χ0v) is 20.7. The lowest BCUT2D eigenvalue weighted by molar-refractivity contribution is -0.145. The van der Waals surface area contributed by atoms with Crippen molar-refractivity contribution in [1.29, 1.82) is 0 Å². The number of fused-ring (bicyclic) bond motifs is 1. The van der Waals surface area contributed by atoms with E-state index in [2.05, 4.69) is 16.7 Å². The first kappa shape index (κ1) is 25.2. The highest BCUT2D eigenvalue weighted by atomic mass is 16.5. The van der Waals surface area contributed by atoms with Crippen LogP contribution in [0.25, 0.3) is 10.8 Å². The van der Waals surface area contributed by atoms with E-state index in [0.29, 0.717) is 32.1 Å². The van der Waals surface area contributed by atoms with Gasteiger partial charge in [-0.05, 0) is 41.8 Å². The molecule has 4 rings (SSSR count). The molecule has 188 valence electrons. The molecule has 2 amide bonds. The van der Waals surface area contributed by atoms with Crippen LogP contribution < -0.4 is 15.4 Å². The van der Waals surface area contributed by atoms with Crippen molar-refractivity contribution in [3.8, 4) is 5.75 Å². The molecule has 7 heteroatoms. The van der Waals surface area contributed by atoms with Gasteiger partial charge in [-0.3, -0.25) is 9.59 Å². The summed E-state index contributed by atoms with van der Waals surface area (Å²) in [6.45, 7) is 0. The van der Waals surface area contributed by atoms with E-state index in [1.165, 1.54) is 7.11 Å². The predicted molar refractivity (Wildman–Crippen MR) is 138 cm³/mol. The quantitative estimate of drug-likeness (QED) is 0.424. The van der Waals surface area contributed by atoms with Gasteiger partial charge in [-0.1, -0.05) is 60.7 Å². The lowest BCUT2D eigenvalue weighted by Crippen LogP contribution is -2.46. The highest BCUT2D eigenvalue weighted by Crippen LogP contribution is 2.35. The van der Waals surface area contributed by atoms with Crippen LogP contribution in [0.3, 0.4) is 0 Å². The number of ether oxygens (including phenoxy) is 2. The summed E-state index contributed by atoms with van der Waals surface area (Å²) in [5.74, 6) is 0.0532. The van der Waals surface area contributed by atoms with Crippen molar-refractivity contribution < 1.29 is 23.9 Å². The van der Waals surface area contributed by atoms with Crippen molar-refractivity contribution in [3.05, 3.63) is 77.9 Å². The van der Waals surface area contributed by atoms with Crippen LogP contribution in [0.2, 0.25) is 0 Å². The number of hydrogen-bond donors (Lipinski definition) is 2. The van der Waals surface area contributed by atoms with Crippen molar-refractivity contribution in [2.45, 2.75) is 50.1 Å². The first-order valence-electron chi connectivity index (χ1n) is 12.2. The first-order valence-corrected chi connectivity index (χ1v) is 12.2. The maximum absolute atomic E-state index is 12.9. The normalized spacial score (nSPS) is 17.9. The Hall–Kier alpha value is -3.87. The fourth-order valence-electron chi connectivity index (χ4n) is 5.02. The average Bonchev–Trinajstić information content (AvgIpc) is 3.27. The zero-order valence-electron chi connectivity index (χ0n) is 20.7. The maximum atomic E-state index is 12.9. The fourth-order valence-corrected chi connectivity index (χ4v) is 5.02. The lowest BCUT2D eigenvalue weighted by atomic mass is 9.83. The van der Waals surface area contributed by atoms with Crippen molar-refractivity contribution >= 4 is 28.6 Å². The summed E-state index contributed by atoms with van der Waals surface area (Å²) in [6, 6.07) is 20.7. The standard InChI is InChI=1S/C29H32N2O5/c1-35-25-13-12-21(22-10-6-7-11-23(22)25)19-29(17-15-27(33)31-29)16-14-26(32)30-24(28(34)36-2)18-20-8-4-3-5-9-20/h3-13,24H,14-19H2,1-2H3,(H,30,32)(H,31,33)/t24-,29+/m0/s1. The van der Waals surface area contributed by atoms with E-state index in [9.17, 15) is 14.4 Å². The molecule has 0 radical (unpaired) electrons. The van der Waals surface area contributed by atoms with E-state index >= 15 is 0 Å². The second-order valence-electron chi connectivity index (χ2n) is 9.31. The molecule has 0 aliphatic carbocycles. The van der Waals surface area contributed by atoms with Gasteiger partial charge in [0.05, 0.1) is 14.2 Å². The number of rotatable bonds is 10. The van der Waals surface area contributed by atoms with Crippen molar-refractivity contribution in [2.24, 2.45) is 0 Å². The molecule has 1 fully saturated rings. The molecule has 1 heterocycles. The van der Waals surface area contributed by atoms with Crippen molar-refractivity contribution in [2.75, 3.05) is 14.2 Å². The Morgan fingerprint density at radius 2 is 1.72 bits per heavy atom. The Balaban J connectivity index is 1.48. The van der Waals surface area contributed by atoms with E-state index < -0.39 is 17.6 Å². The van der Waals surface area contributed by atoms with Crippen LogP contribution in [0.1, 0.15) is 36.8 Å². The van der Waals surface area contributed by atoms with Gasteiger partial charge in [-0.15, -0.1) is 0 Å². The third kappa shape index (κ3) is 5.85. The highest BCUT2D eigenvalue weighted by Gasteiger charge is 2.38. The van der Waals surface area contributed by atoms with Crippen LogP contribution >= 0.6 is 0 Å². The monoisotopic (exact) mass is 488 g/mol. The van der Waals surface area contributed by atoms with Crippen LogP contribution in [-0.4, -0.2) is 43.6 Å². The minimum atomic E-state index is -0.774. The molecule has 36 heavy (non-hydrogen) atoms. The summed E-state index contributed by atoms with van der Waals surface area (Å²) in [5, 5.41) is 8.06. The molecule has 2 atom stereocenters. The predicted octanol–water partition coefficient (Wildman–Crippen LogP) is 3.72. The molecule has 0 spiro atoms. The summed E-state index contributed by atoms with van der Waals surface area (Å²) in [7, 11) is 2.97. The van der Waals surface area contributed by atoms with Crippen LogP contribution in [0.5, 0.6) is 5.75 Å². The zero-order chi connectivity index (χ0) is 25.5. The van der Waals surface area contributed by atoms with Crippen molar-refractivity contribution in [1.82, 2.24) is 10.6 Å². The van der Waals surface area contributed by atoms with Gasteiger partial charge in [0.15, 0.2) is 0 Å². The summed E-state index contributed by atoms with van der Waals surface area (Å²) in [6.07, 6.45) is 2.65. The molecule has 3 aromatic carbocycles. The van der Waals surface area contributed by atoms with Crippen molar-refractivity contribution in [3.63, 3.8) is 0 Å². The van der Waals surface area contributed by atoms with Gasteiger partial charge in [-0.25, -0.2) is 4.79 Å². The Kier molecular flexibility index (Phi) is 7.88. The topological polar surface area (TPSA) is 93.7 Å². The van der Waals surface area contributed by atoms with Gasteiger partial charge < -0.3 is 20.1 Å². The number of benzene rings is 3. The van der Waals surface area contributed by atoms with E-state index in [0.717, 1.165) is 27.6 Å². The van der Waals surface area contributed by atoms with Gasteiger partial charge in [0, 0.05) is 30.2 Å². The molecule has 2 N–H and O–H groups in total. The number of nitrogens with one attached hydrogen (secondary N) is 2. The number of amides is 2. The molecule has 0 aromatic heterocycles. The maximum Gasteiger partial charge on any atom is 0.328 e. The lowest BCUT2D eigenvalue weighted by Gasteiger charge is -2.30. The van der Waals surface area contributed by atoms with Crippen LogP contribution in [0, 0.1) is 0 Å². The largest absolute Gasteiger partial charge is 0.496 e. The molecule has 7 nitrogen and oxygen atoms in total. The smallest absolute Gasteiger partial charge is 0.328 e. The Bertz CT molecular complexity index is 1240.